The van der Waals surface area contributed by atoms with Crippen LogP contribution in [-0.2, 0) is 0 Å². The normalized spacial score (nSPS) is 13.2. The molecule has 0 N–H and O–H groups in total. The molecule has 130 valence electrons. The Labute approximate surface area is 140 Å². The van der Waals surface area contributed by atoms with Gasteiger partial charge in [0, 0.05) is 11.8 Å². The monoisotopic (exact) mass is 350 g/mol. The lowest BCUT2D eigenvalue weighted by Gasteiger charge is -2.19. The molecule has 25 heavy (non-hydrogen) atoms. The molecule has 0 saturated heterocycles. The van der Waals surface area contributed by atoms with Gasteiger partial charge in [0.1, 0.15) is 0 Å². The summed E-state index contributed by atoms with van der Waals surface area (Å²) in [5.41, 5.74) is 0.137. The maximum Gasteiger partial charge on any atom is 0.395 e. The minimum absolute atomic E-state index is 0.0572. The molecule has 3 rings (SSSR count). The van der Waals surface area contributed by atoms with Crippen molar-refractivity contribution in [2.45, 2.75) is 25.9 Å². The average molecular weight is 350 g/mol. The van der Waals surface area contributed by atoms with Gasteiger partial charge in [0.05, 0.1) is 22.5 Å². The minimum Gasteiger partial charge on any atom is -0.283 e. The van der Waals surface area contributed by atoms with Crippen LogP contribution in [0, 0.1) is 12.9 Å². The van der Waals surface area contributed by atoms with Crippen molar-refractivity contribution < 1.29 is 17.6 Å². The summed E-state index contributed by atoms with van der Waals surface area (Å²) in [4.78, 5) is 16.3. The number of para-hydroxylation sites is 1. The number of nitrogens with zero attached hydrogens (tertiary/aromatic N) is 2. The van der Waals surface area contributed by atoms with Crippen molar-refractivity contribution >= 4 is 10.9 Å². The van der Waals surface area contributed by atoms with E-state index in [9.17, 15) is 22.4 Å². The van der Waals surface area contributed by atoms with Gasteiger partial charge >= 0.3 is 6.18 Å². The Morgan fingerprint density at radius 3 is 2.44 bits per heavy atom. The van der Waals surface area contributed by atoms with E-state index in [0.29, 0.717) is 5.69 Å². The number of benzene rings is 1. The van der Waals surface area contributed by atoms with Crippen LogP contribution in [0.1, 0.15) is 24.0 Å². The van der Waals surface area contributed by atoms with Gasteiger partial charge in [-0.2, -0.15) is 17.6 Å². The van der Waals surface area contributed by atoms with Gasteiger partial charge < -0.3 is 0 Å². The van der Waals surface area contributed by atoms with Crippen LogP contribution in [0.5, 0.6) is 0 Å². The van der Waals surface area contributed by atoms with Gasteiger partial charge in [-0.3, -0.25) is 9.36 Å². The van der Waals surface area contributed by atoms with Gasteiger partial charge in [-0.15, -0.1) is 0 Å². The van der Waals surface area contributed by atoms with Crippen molar-refractivity contribution in [2.75, 3.05) is 0 Å². The molecule has 0 saturated carbocycles. The molecule has 0 amide bonds. The number of aromatic nitrogens is 2. The Balaban J connectivity index is 2.42. The summed E-state index contributed by atoms with van der Waals surface area (Å²) in [6, 6.07) is 8.98. The number of halogens is 4. The fourth-order valence-electron chi connectivity index (χ4n) is 2.72. The third kappa shape index (κ3) is 3.01. The average Bonchev–Trinajstić information content (AvgIpc) is 2.54. The molecule has 7 heteroatoms. The van der Waals surface area contributed by atoms with E-state index in [4.69, 9.17) is 0 Å². The van der Waals surface area contributed by atoms with Crippen molar-refractivity contribution in [1.82, 2.24) is 9.55 Å². The van der Waals surface area contributed by atoms with Crippen LogP contribution in [0.15, 0.2) is 47.4 Å². The summed E-state index contributed by atoms with van der Waals surface area (Å²) in [6.07, 6.45) is -3.44. The molecular weight excluding hydrogens is 336 g/mol. The number of pyridine rings is 2. The topological polar surface area (TPSA) is 34.9 Å². The van der Waals surface area contributed by atoms with E-state index in [0.717, 1.165) is 29.3 Å². The van der Waals surface area contributed by atoms with Crippen molar-refractivity contribution in [2.24, 2.45) is 0 Å². The molecule has 3 nitrogen and oxygen atoms in total. The number of hydrogen-bond acceptors (Lipinski definition) is 2. The first-order valence-corrected chi connectivity index (χ1v) is 7.54. The third-order valence-corrected chi connectivity index (χ3v) is 4.18. The molecular formula is C18H14F4N2O. The lowest BCUT2D eigenvalue weighted by atomic mass is 9.99. The molecule has 1 atom stereocenters. The predicted molar refractivity (Wildman–Crippen MR) is 86.5 cm³/mol. The maximum atomic E-state index is 13.5. The molecule has 0 aliphatic carbocycles. The zero-order chi connectivity index (χ0) is 18.4. The largest absolute Gasteiger partial charge is 0.395 e. The highest BCUT2D eigenvalue weighted by Crippen LogP contribution is 2.36. The standard InChI is InChI=1S/C18H14F4N2O/c1-10-5-3-4-6-14(10)24-9-13(11(2)18(20,21)22)16-12(17(24)25)7-8-15(19)23-16/h3-9,11H,1-2H3. The van der Waals surface area contributed by atoms with Crippen LogP contribution in [0.2, 0.25) is 0 Å². The van der Waals surface area contributed by atoms with Crippen LogP contribution < -0.4 is 5.56 Å². The summed E-state index contributed by atoms with van der Waals surface area (Å²) < 4.78 is 54.5. The first kappa shape index (κ1) is 17.1. The van der Waals surface area contributed by atoms with E-state index in [1.165, 1.54) is 6.07 Å². The van der Waals surface area contributed by atoms with Crippen LogP contribution >= 0.6 is 0 Å². The summed E-state index contributed by atoms with van der Waals surface area (Å²) in [5.74, 6) is -2.84. The summed E-state index contributed by atoms with van der Waals surface area (Å²) in [7, 11) is 0. The Hall–Kier alpha value is -2.70. The molecule has 0 fully saturated rings. The molecule has 0 bridgehead atoms. The molecule has 1 unspecified atom stereocenters. The maximum absolute atomic E-state index is 13.5. The second-order valence-corrected chi connectivity index (χ2v) is 5.84. The van der Waals surface area contributed by atoms with Gasteiger partial charge in [-0.05, 0) is 37.6 Å². The molecule has 0 radical (unpaired) electrons. The van der Waals surface area contributed by atoms with Crippen LogP contribution in [-0.4, -0.2) is 15.7 Å². The van der Waals surface area contributed by atoms with E-state index in [1.807, 2.05) is 0 Å². The second kappa shape index (κ2) is 5.98. The lowest BCUT2D eigenvalue weighted by molar-refractivity contribution is -0.146. The Morgan fingerprint density at radius 2 is 1.80 bits per heavy atom. The second-order valence-electron chi connectivity index (χ2n) is 5.84. The van der Waals surface area contributed by atoms with Crippen LogP contribution in [0.4, 0.5) is 17.6 Å². The van der Waals surface area contributed by atoms with Gasteiger partial charge in [0.15, 0.2) is 0 Å². The van der Waals surface area contributed by atoms with Gasteiger partial charge in [-0.1, -0.05) is 18.2 Å². The van der Waals surface area contributed by atoms with Crippen molar-refractivity contribution in [3.05, 3.63) is 70.0 Å². The number of alkyl halides is 3. The van der Waals surface area contributed by atoms with E-state index in [1.54, 1.807) is 31.2 Å². The van der Waals surface area contributed by atoms with E-state index < -0.39 is 23.6 Å². The fourth-order valence-corrected chi connectivity index (χ4v) is 2.72. The summed E-state index contributed by atoms with van der Waals surface area (Å²) in [6.45, 7) is 2.72. The number of hydrogen-bond donors (Lipinski definition) is 0. The first-order valence-electron chi connectivity index (χ1n) is 7.54. The highest BCUT2D eigenvalue weighted by atomic mass is 19.4. The van der Waals surface area contributed by atoms with Crippen molar-refractivity contribution in [3.63, 3.8) is 0 Å². The predicted octanol–water partition coefficient (Wildman–Crippen LogP) is 4.50. The molecule has 0 aliphatic rings. The van der Waals surface area contributed by atoms with Gasteiger partial charge in [-0.25, -0.2) is 4.98 Å². The van der Waals surface area contributed by atoms with E-state index >= 15 is 0 Å². The third-order valence-electron chi connectivity index (χ3n) is 4.18. The molecule has 0 aliphatic heterocycles. The molecule has 3 aromatic rings. The smallest absolute Gasteiger partial charge is 0.283 e. The number of aryl methyl sites for hydroxylation is 1. The minimum atomic E-state index is -4.55. The first-order chi connectivity index (χ1) is 11.7. The zero-order valence-corrected chi connectivity index (χ0v) is 13.4. The Kier molecular flexibility index (Phi) is 4.10. The number of fused-ring (bicyclic) bond motifs is 1. The highest BCUT2D eigenvalue weighted by Gasteiger charge is 2.39. The SMILES string of the molecule is Cc1ccccc1-n1cc(C(C)C(F)(F)F)c2nc(F)ccc2c1=O. The number of rotatable bonds is 2. The lowest BCUT2D eigenvalue weighted by Crippen LogP contribution is -2.25. The van der Waals surface area contributed by atoms with Crippen LogP contribution in [0.3, 0.4) is 0 Å². The van der Waals surface area contributed by atoms with Crippen molar-refractivity contribution in [1.29, 1.82) is 0 Å². The molecule has 2 heterocycles. The Morgan fingerprint density at radius 1 is 1.12 bits per heavy atom. The van der Waals surface area contributed by atoms with E-state index in [2.05, 4.69) is 4.98 Å². The van der Waals surface area contributed by atoms with Crippen LogP contribution in [0.25, 0.3) is 16.6 Å². The zero-order valence-electron chi connectivity index (χ0n) is 13.4. The van der Waals surface area contributed by atoms with Gasteiger partial charge in [0.25, 0.3) is 5.56 Å². The summed E-state index contributed by atoms with van der Waals surface area (Å²) in [5, 5.41) is -0.0572. The van der Waals surface area contributed by atoms with Crippen molar-refractivity contribution in [3.8, 4) is 5.69 Å². The van der Waals surface area contributed by atoms with Gasteiger partial charge in [0.2, 0.25) is 5.95 Å². The van der Waals surface area contributed by atoms with E-state index in [-0.39, 0.29) is 16.5 Å². The molecule has 1 aromatic carbocycles. The quantitative estimate of drug-likeness (QED) is 0.504. The summed E-state index contributed by atoms with van der Waals surface area (Å²) >= 11 is 0. The highest BCUT2D eigenvalue weighted by molar-refractivity contribution is 5.81. The fraction of sp³-hybridized carbons (Fsp3) is 0.222. The molecule has 2 aromatic heterocycles. The Bertz CT molecular complexity index is 1010. The molecule has 0 spiro atoms.